The Labute approximate surface area is 176 Å². The molecule has 1 atom stereocenters. The first-order valence-electron chi connectivity index (χ1n) is 8.78. The van der Waals surface area contributed by atoms with Crippen LogP contribution in [0.15, 0.2) is 36.4 Å². The Morgan fingerprint density at radius 3 is 2.25 bits per heavy atom. The Balaban J connectivity index is 2.42. The number of carbonyl (C=O) groups excluding carboxylic acids is 1. The number of amides is 1. The van der Waals surface area contributed by atoms with Gasteiger partial charge in [0, 0.05) is 5.69 Å². The van der Waals surface area contributed by atoms with Crippen LogP contribution < -0.4 is 9.62 Å². The zero-order chi connectivity index (χ0) is 21.2. The van der Waals surface area contributed by atoms with E-state index in [2.05, 4.69) is 5.32 Å². The predicted octanol–water partition coefficient (Wildman–Crippen LogP) is 5.22. The van der Waals surface area contributed by atoms with E-state index in [4.69, 9.17) is 23.2 Å². The molecule has 0 heterocycles. The first kappa shape index (κ1) is 22.5. The van der Waals surface area contributed by atoms with Crippen LogP contribution in [0.3, 0.4) is 0 Å². The molecule has 0 saturated heterocycles. The van der Waals surface area contributed by atoms with Crippen molar-refractivity contribution in [3.05, 3.63) is 57.6 Å². The lowest BCUT2D eigenvalue weighted by Gasteiger charge is -2.29. The molecule has 1 amide bonds. The van der Waals surface area contributed by atoms with Crippen molar-refractivity contribution in [2.45, 2.75) is 39.7 Å². The van der Waals surface area contributed by atoms with Crippen molar-refractivity contribution >= 4 is 50.5 Å². The molecule has 0 aliphatic carbocycles. The monoisotopic (exact) mass is 442 g/mol. The van der Waals surface area contributed by atoms with Crippen LogP contribution in [0.25, 0.3) is 0 Å². The van der Waals surface area contributed by atoms with Crippen LogP contribution in [0.2, 0.25) is 10.0 Å². The number of halogens is 2. The summed E-state index contributed by atoms with van der Waals surface area (Å²) in [5.74, 6) is -0.237. The summed E-state index contributed by atoms with van der Waals surface area (Å²) in [7, 11) is -3.75. The topological polar surface area (TPSA) is 66.5 Å². The van der Waals surface area contributed by atoms with E-state index in [9.17, 15) is 13.2 Å². The molecule has 0 aliphatic rings. The van der Waals surface area contributed by atoms with Crippen LogP contribution in [0.5, 0.6) is 0 Å². The lowest BCUT2D eigenvalue weighted by atomic mass is 9.98. The van der Waals surface area contributed by atoms with Gasteiger partial charge in [0.25, 0.3) is 0 Å². The fraction of sp³-hybridized carbons (Fsp3) is 0.350. The summed E-state index contributed by atoms with van der Waals surface area (Å²) in [4.78, 5) is 13.0. The fourth-order valence-corrected chi connectivity index (χ4v) is 4.46. The minimum absolute atomic E-state index is 0.201. The number of sulfonamides is 1. The highest BCUT2D eigenvalue weighted by Gasteiger charge is 2.30. The predicted molar refractivity (Wildman–Crippen MR) is 117 cm³/mol. The lowest BCUT2D eigenvalue weighted by molar-refractivity contribution is -0.116. The smallest absolute Gasteiger partial charge is 0.248 e. The molecule has 0 spiro atoms. The van der Waals surface area contributed by atoms with E-state index in [1.165, 1.54) is 25.1 Å². The summed E-state index contributed by atoms with van der Waals surface area (Å²) in [6.45, 7) is 7.50. The number of benzene rings is 2. The van der Waals surface area contributed by atoms with Crippen LogP contribution in [0.1, 0.15) is 37.8 Å². The number of para-hydroxylation sites is 1. The number of anilines is 2. The normalized spacial score (nSPS) is 12.7. The average molecular weight is 443 g/mol. The molecule has 1 N–H and O–H groups in total. The first-order valence-corrected chi connectivity index (χ1v) is 11.4. The maximum Gasteiger partial charge on any atom is 0.248 e. The van der Waals surface area contributed by atoms with Gasteiger partial charge in [-0.2, -0.15) is 0 Å². The fourth-order valence-electron chi connectivity index (χ4n) is 3.00. The van der Waals surface area contributed by atoms with E-state index in [-0.39, 0.29) is 16.6 Å². The second kappa shape index (κ2) is 8.72. The molecular weight excluding hydrogens is 419 g/mol. The third kappa shape index (κ3) is 4.99. The average Bonchev–Trinajstić information content (AvgIpc) is 2.58. The molecule has 2 aromatic carbocycles. The minimum atomic E-state index is -3.75. The Bertz CT molecular complexity index is 991. The van der Waals surface area contributed by atoms with Gasteiger partial charge in [-0.3, -0.25) is 9.10 Å². The third-order valence-electron chi connectivity index (χ3n) is 4.42. The number of nitrogens with zero attached hydrogens (tertiary/aromatic N) is 1. The van der Waals surface area contributed by atoms with E-state index < -0.39 is 22.0 Å². The van der Waals surface area contributed by atoms with Gasteiger partial charge >= 0.3 is 0 Å². The molecule has 0 fully saturated rings. The van der Waals surface area contributed by atoms with Crippen LogP contribution in [-0.2, 0) is 14.8 Å². The molecule has 28 heavy (non-hydrogen) atoms. The largest absolute Gasteiger partial charge is 0.324 e. The van der Waals surface area contributed by atoms with Gasteiger partial charge < -0.3 is 5.32 Å². The van der Waals surface area contributed by atoms with Crippen molar-refractivity contribution in [3.8, 4) is 0 Å². The maximum atomic E-state index is 13.0. The van der Waals surface area contributed by atoms with Crippen LogP contribution in [0, 0.1) is 6.92 Å². The van der Waals surface area contributed by atoms with Crippen molar-refractivity contribution in [1.29, 1.82) is 0 Å². The van der Waals surface area contributed by atoms with Crippen molar-refractivity contribution in [2.24, 2.45) is 0 Å². The Kier molecular flexibility index (Phi) is 7.02. The summed E-state index contributed by atoms with van der Waals surface area (Å²) in [5, 5.41) is 3.42. The summed E-state index contributed by atoms with van der Waals surface area (Å²) >= 11 is 12.0. The van der Waals surface area contributed by atoms with Gasteiger partial charge in [0.2, 0.25) is 15.9 Å². The molecule has 0 bridgehead atoms. The highest BCUT2D eigenvalue weighted by Crippen LogP contribution is 2.31. The lowest BCUT2D eigenvalue weighted by Crippen LogP contribution is -2.45. The quantitative estimate of drug-likeness (QED) is 0.666. The molecule has 2 rings (SSSR count). The Morgan fingerprint density at radius 1 is 1.07 bits per heavy atom. The molecule has 5 nitrogen and oxygen atoms in total. The number of aryl methyl sites for hydroxylation is 1. The zero-order valence-corrected chi connectivity index (χ0v) is 18.8. The minimum Gasteiger partial charge on any atom is -0.324 e. The second-order valence-corrected chi connectivity index (χ2v) is 9.69. The molecule has 2 aromatic rings. The summed E-state index contributed by atoms with van der Waals surface area (Å²) in [5.41, 5.74) is 2.87. The van der Waals surface area contributed by atoms with Crippen molar-refractivity contribution < 1.29 is 13.2 Å². The molecule has 0 radical (unpaired) electrons. The molecule has 8 heteroatoms. The SMILES string of the molecule is Cc1cccc(C(C)C)c1NC(=O)[C@H](C)N(c1ccc(Cl)c(Cl)c1)S(C)(=O)=O. The molecule has 0 saturated carbocycles. The molecular formula is C20H24Cl2N2O3S. The van der Waals surface area contributed by atoms with Crippen molar-refractivity contribution in [2.75, 3.05) is 15.9 Å². The summed E-state index contributed by atoms with van der Waals surface area (Å²) in [6, 6.07) is 9.24. The second-order valence-electron chi connectivity index (χ2n) is 7.02. The molecule has 0 aliphatic heterocycles. The van der Waals surface area contributed by atoms with E-state index in [0.717, 1.165) is 21.7 Å². The number of nitrogens with one attached hydrogen (secondary N) is 1. The van der Waals surface area contributed by atoms with E-state index >= 15 is 0 Å². The number of rotatable bonds is 6. The maximum absolute atomic E-state index is 13.0. The summed E-state index contributed by atoms with van der Waals surface area (Å²) in [6.07, 6.45) is 1.05. The number of carbonyl (C=O) groups is 1. The van der Waals surface area contributed by atoms with Gasteiger partial charge in [-0.1, -0.05) is 55.2 Å². The van der Waals surface area contributed by atoms with Gasteiger partial charge in [-0.15, -0.1) is 0 Å². The third-order valence-corrected chi connectivity index (χ3v) is 6.40. The molecule has 0 unspecified atom stereocenters. The van der Waals surface area contributed by atoms with Gasteiger partial charge in [-0.25, -0.2) is 8.42 Å². The molecule has 152 valence electrons. The van der Waals surface area contributed by atoms with Crippen LogP contribution in [-0.4, -0.2) is 26.6 Å². The number of hydrogen-bond acceptors (Lipinski definition) is 3. The van der Waals surface area contributed by atoms with E-state index in [0.29, 0.717) is 10.7 Å². The molecule has 0 aromatic heterocycles. The summed E-state index contributed by atoms with van der Waals surface area (Å²) < 4.78 is 25.9. The van der Waals surface area contributed by atoms with Crippen molar-refractivity contribution in [1.82, 2.24) is 0 Å². The van der Waals surface area contributed by atoms with Gasteiger partial charge in [-0.05, 0) is 49.1 Å². The standard InChI is InChI=1S/C20H24Cl2N2O3S/c1-12(2)16-8-6-7-13(3)19(16)23-20(25)14(4)24(28(5,26)27)15-9-10-17(21)18(22)11-15/h6-12,14H,1-5H3,(H,23,25)/t14-/m0/s1. The highest BCUT2D eigenvalue weighted by atomic mass is 35.5. The van der Waals surface area contributed by atoms with E-state index in [1.807, 2.05) is 39.0 Å². The van der Waals surface area contributed by atoms with E-state index in [1.54, 1.807) is 0 Å². The Morgan fingerprint density at radius 2 is 1.71 bits per heavy atom. The van der Waals surface area contributed by atoms with Crippen LogP contribution in [0.4, 0.5) is 11.4 Å². The number of hydrogen-bond donors (Lipinski definition) is 1. The van der Waals surface area contributed by atoms with Crippen LogP contribution >= 0.6 is 23.2 Å². The van der Waals surface area contributed by atoms with Gasteiger partial charge in [0.05, 0.1) is 22.0 Å². The first-order chi connectivity index (χ1) is 12.9. The zero-order valence-electron chi connectivity index (χ0n) is 16.5. The van der Waals surface area contributed by atoms with Crippen molar-refractivity contribution in [3.63, 3.8) is 0 Å². The highest BCUT2D eigenvalue weighted by molar-refractivity contribution is 7.92. The van der Waals surface area contributed by atoms with Gasteiger partial charge in [0.15, 0.2) is 0 Å². The Hall–Kier alpha value is -1.76. The van der Waals surface area contributed by atoms with Gasteiger partial charge in [0.1, 0.15) is 6.04 Å².